The van der Waals surface area contributed by atoms with Gasteiger partial charge in [-0.05, 0) is 34.7 Å². The molecule has 3 heteroatoms. The smallest absolute Gasteiger partial charge is 0.339 e. The summed E-state index contributed by atoms with van der Waals surface area (Å²) < 4.78 is 5.42. The Morgan fingerprint density at radius 1 is 1.09 bits per heavy atom. The maximum atomic E-state index is 12.1. The third-order valence-electron chi connectivity index (χ3n) is 4.20. The fourth-order valence-electron chi connectivity index (χ4n) is 2.84. The van der Waals surface area contributed by atoms with Crippen LogP contribution in [-0.2, 0) is 10.2 Å². The van der Waals surface area contributed by atoms with Crippen molar-refractivity contribution in [1.82, 2.24) is 0 Å². The lowest BCUT2D eigenvalue weighted by molar-refractivity contribution is -0.131. The molecule has 1 atom stereocenters. The minimum Gasteiger partial charge on any atom is -0.423 e. The van der Waals surface area contributed by atoms with E-state index in [1.165, 1.54) is 5.56 Å². The van der Waals surface area contributed by atoms with Crippen molar-refractivity contribution >= 4 is 17.6 Å². The number of hydrogen-bond acceptors (Lipinski definition) is 2. The first-order chi connectivity index (χ1) is 10.8. The number of carbonyl (C=O) groups excluding carboxylic acids is 1. The van der Waals surface area contributed by atoms with E-state index in [9.17, 15) is 4.79 Å². The first kappa shape index (κ1) is 15.8. The van der Waals surface area contributed by atoms with Crippen LogP contribution in [0.15, 0.2) is 54.6 Å². The molecule has 23 heavy (non-hydrogen) atoms. The lowest BCUT2D eigenvalue weighted by atomic mass is 9.79. The van der Waals surface area contributed by atoms with E-state index >= 15 is 0 Å². The third-order valence-corrected chi connectivity index (χ3v) is 4.46. The second-order valence-corrected chi connectivity index (χ2v) is 7.34. The van der Waals surface area contributed by atoms with Gasteiger partial charge in [0.1, 0.15) is 5.75 Å². The van der Waals surface area contributed by atoms with E-state index in [-0.39, 0.29) is 17.3 Å². The van der Waals surface area contributed by atoms with Crippen molar-refractivity contribution in [3.63, 3.8) is 0 Å². The second kappa shape index (κ2) is 5.54. The molecule has 2 aromatic rings. The summed E-state index contributed by atoms with van der Waals surface area (Å²) in [7, 11) is 0. The molecule has 2 aromatic carbocycles. The molecule has 3 rings (SSSR count). The molecule has 0 saturated heterocycles. The third kappa shape index (κ3) is 2.91. The highest BCUT2D eigenvalue weighted by atomic mass is 35.5. The van der Waals surface area contributed by atoms with E-state index in [2.05, 4.69) is 33.4 Å². The Kier molecular flexibility index (Phi) is 3.81. The molecule has 0 fully saturated rings. The molecule has 0 bridgehead atoms. The molecule has 1 unspecified atom stereocenters. The van der Waals surface area contributed by atoms with Crippen molar-refractivity contribution in [1.29, 1.82) is 0 Å². The Morgan fingerprint density at radius 2 is 1.74 bits per heavy atom. The molecule has 0 saturated carbocycles. The van der Waals surface area contributed by atoms with Crippen LogP contribution in [0.3, 0.4) is 0 Å². The molecular formula is C20H19ClO2. The molecule has 1 heterocycles. The quantitative estimate of drug-likeness (QED) is 0.406. The average Bonchev–Trinajstić information content (AvgIpc) is 2.48. The molecule has 2 nitrogen and oxygen atoms in total. The Bertz CT molecular complexity index is 782. The summed E-state index contributed by atoms with van der Waals surface area (Å²) in [4.78, 5) is 12.1. The van der Waals surface area contributed by atoms with Crippen LogP contribution in [0.1, 0.15) is 43.4 Å². The van der Waals surface area contributed by atoms with Crippen LogP contribution in [0.5, 0.6) is 5.75 Å². The summed E-state index contributed by atoms with van der Waals surface area (Å²) in [6.07, 6.45) is 0. The fourth-order valence-corrected chi connectivity index (χ4v) is 2.97. The summed E-state index contributed by atoms with van der Waals surface area (Å²) in [5.41, 5.74) is 3.63. The maximum absolute atomic E-state index is 12.1. The monoisotopic (exact) mass is 326 g/mol. The minimum absolute atomic E-state index is 0.0162. The first-order valence-electron chi connectivity index (χ1n) is 7.58. The standard InChI is InChI=1S/C20H19ClO2/c1-12-18(13-5-8-15(21)9-6-13)16-11-14(20(2,3)4)7-10-17(16)23-19(12)22/h5-11,18H,1H2,2-4H3. The molecule has 0 aromatic heterocycles. The number of hydrogen-bond donors (Lipinski definition) is 0. The van der Waals surface area contributed by atoms with E-state index in [0.29, 0.717) is 16.3 Å². The second-order valence-electron chi connectivity index (χ2n) is 6.90. The van der Waals surface area contributed by atoms with Crippen molar-refractivity contribution in [3.05, 3.63) is 76.3 Å². The molecule has 0 amide bonds. The van der Waals surface area contributed by atoms with Gasteiger partial charge in [-0.2, -0.15) is 0 Å². The van der Waals surface area contributed by atoms with E-state index in [4.69, 9.17) is 16.3 Å². The van der Waals surface area contributed by atoms with Crippen LogP contribution in [0, 0.1) is 0 Å². The molecule has 0 aliphatic carbocycles. The summed E-state index contributed by atoms with van der Waals surface area (Å²) >= 11 is 5.99. The summed E-state index contributed by atoms with van der Waals surface area (Å²) in [5.74, 6) is 0.0297. The zero-order valence-electron chi connectivity index (χ0n) is 13.5. The SMILES string of the molecule is C=C1C(=O)Oc2ccc(C(C)(C)C)cc2C1c1ccc(Cl)cc1. The maximum Gasteiger partial charge on any atom is 0.339 e. The van der Waals surface area contributed by atoms with Gasteiger partial charge in [-0.1, -0.05) is 63.2 Å². The van der Waals surface area contributed by atoms with Gasteiger partial charge in [-0.15, -0.1) is 0 Å². The van der Waals surface area contributed by atoms with Crippen molar-refractivity contribution in [2.45, 2.75) is 32.1 Å². The van der Waals surface area contributed by atoms with Gasteiger partial charge in [0.15, 0.2) is 0 Å². The van der Waals surface area contributed by atoms with Gasteiger partial charge >= 0.3 is 5.97 Å². The van der Waals surface area contributed by atoms with Crippen LogP contribution in [-0.4, -0.2) is 5.97 Å². The van der Waals surface area contributed by atoms with Crippen molar-refractivity contribution in [2.75, 3.05) is 0 Å². The molecule has 118 valence electrons. The molecule has 0 N–H and O–H groups in total. The zero-order valence-corrected chi connectivity index (χ0v) is 14.3. The number of ether oxygens (including phenoxy) is 1. The highest BCUT2D eigenvalue weighted by Crippen LogP contribution is 2.43. The van der Waals surface area contributed by atoms with Crippen molar-refractivity contribution in [2.24, 2.45) is 0 Å². The predicted molar refractivity (Wildman–Crippen MR) is 93.2 cm³/mol. The van der Waals surface area contributed by atoms with Gasteiger partial charge in [0.2, 0.25) is 0 Å². The normalized spacial score (nSPS) is 17.7. The van der Waals surface area contributed by atoms with Gasteiger partial charge in [-0.3, -0.25) is 0 Å². The first-order valence-corrected chi connectivity index (χ1v) is 7.96. The van der Waals surface area contributed by atoms with Gasteiger partial charge < -0.3 is 4.74 Å². The van der Waals surface area contributed by atoms with E-state index in [1.807, 2.05) is 36.4 Å². The van der Waals surface area contributed by atoms with Crippen LogP contribution in [0.25, 0.3) is 0 Å². The number of carbonyl (C=O) groups is 1. The lowest BCUT2D eigenvalue weighted by Crippen LogP contribution is -2.24. The van der Waals surface area contributed by atoms with E-state index in [1.54, 1.807) is 0 Å². The van der Waals surface area contributed by atoms with Crippen molar-refractivity contribution < 1.29 is 9.53 Å². The Morgan fingerprint density at radius 3 is 2.35 bits per heavy atom. The Labute approximate surface area is 141 Å². The molecule has 0 spiro atoms. The highest BCUT2D eigenvalue weighted by molar-refractivity contribution is 6.30. The average molecular weight is 327 g/mol. The van der Waals surface area contributed by atoms with E-state index in [0.717, 1.165) is 11.1 Å². The zero-order chi connectivity index (χ0) is 16.8. The number of benzene rings is 2. The van der Waals surface area contributed by atoms with E-state index < -0.39 is 0 Å². The lowest BCUT2D eigenvalue weighted by Gasteiger charge is -2.29. The highest BCUT2D eigenvalue weighted by Gasteiger charge is 2.33. The fraction of sp³-hybridized carbons (Fsp3) is 0.250. The Hall–Kier alpha value is -2.06. The molecule has 1 aliphatic rings. The van der Waals surface area contributed by atoms with Gasteiger partial charge in [0.05, 0.1) is 0 Å². The number of fused-ring (bicyclic) bond motifs is 1. The number of halogens is 1. The predicted octanol–water partition coefficient (Wildman–Crippen LogP) is 5.24. The number of esters is 1. The van der Waals surface area contributed by atoms with Crippen LogP contribution >= 0.6 is 11.6 Å². The number of rotatable bonds is 1. The van der Waals surface area contributed by atoms with Gasteiger partial charge in [-0.25, -0.2) is 4.79 Å². The Balaban J connectivity index is 2.18. The summed E-state index contributed by atoms with van der Waals surface area (Å²) in [5, 5.41) is 0.668. The minimum atomic E-state index is -0.374. The molecule has 1 aliphatic heterocycles. The van der Waals surface area contributed by atoms with Crippen molar-refractivity contribution in [3.8, 4) is 5.75 Å². The summed E-state index contributed by atoms with van der Waals surface area (Å²) in [6, 6.07) is 13.5. The molecule has 0 radical (unpaired) electrons. The molecular weight excluding hydrogens is 308 g/mol. The van der Waals surface area contributed by atoms with Gasteiger partial charge in [0, 0.05) is 22.1 Å². The van der Waals surface area contributed by atoms with Crippen LogP contribution < -0.4 is 4.74 Å². The summed E-state index contributed by atoms with van der Waals surface area (Å²) in [6.45, 7) is 10.4. The van der Waals surface area contributed by atoms with Crippen LogP contribution in [0.4, 0.5) is 0 Å². The largest absolute Gasteiger partial charge is 0.423 e. The van der Waals surface area contributed by atoms with Gasteiger partial charge in [0.25, 0.3) is 0 Å². The topological polar surface area (TPSA) is 26.3 Å². The van der Waals surface area contributed by atoms with Crippen LogP contribution in [0.2, 0.25) is 5.02 Å².